The molecule has 0 unspecified atom stereocenters. The lowest BCUT2D eigenvalue weighted by Crippen LogP contribution is -2.31. The van der Waals surface area contributed by atoms with Crippen molar-refractivity contribution in [3.63, 3.8) is 0 Å². The summed E-state index contributed by atoms with van der Waals surface area (Å²) in [4.78, 5) is 34.9. The van der Waals surface area contributed by atoms with Crippen LogP contribution in [0.25, 0.3) is 0 Å². The average Bonchev–Trinajstić information content (AvgIpc) is 2.72. The summed E-state index contributed by atoms with van der Waals surface area (Å²) in [7, 11) is 2.96. The van der Waals surface area contributed by atoms with Gasteiger partial charge in [-0.05, 0) is 49.4 Å². The molecule has 0 aliphatic heterocycles. The minimum absolute atomic E-state index is 0.278. The fourth-order valence-electron chi connectivity index (χ4n) is 2.22. The molecule has 1 amide bonds. The third-order valence-electron chi connectivity index (χ3n) is 3.70. The predicted octanol–water partition coefficient (Wildman–Crippen LogP) is 2.47. The lowest BCUT2D eigenvalue weighted by Gasteiger charge is -2.15. The summed E-state index contributed by atoms with van der Waals surface area (Å²) in [5.41, 5.74) is 0.959. The first-order valence-corrected chi connectivity index (χ1v) is 8.37. The van der Waals surface area contributed by atoms with Crippen LogP contribution in [-0.4, -0.2) is 45.1 Å². The summed E-state index contributed by atoms with van der Waals surface area (Å²) < 4.78 is 20.6. The molecule has 2 rings (SSSR count). The summed E-state index contributed by atoms with van der Waals surface area (Å²) in [6.45, 7) is 1.03. The van der Waals surface area contributed by atoms with Crippen molar-refractivity contribution in [1.82, 2.24) is 0 Å². The minimum atomic E-state index is -1.02. The van der Waals surface area contributed by atoms with Crippen molar-refractivity contribution in [3.8, 4) is 17.2 Å². The Bertz CT molecular complexity index is 833. The first kappa shape index (κ1) is 20.8. The van der Waals surface area contributed by atoms with Gasteiger partial charge in [0.15, 0.2) is 24.2 Å². The van der Waals surface area contributed by atoms with Gasteiger partial charge in [0, 0.05) is 11.3 Å². The van der Waals surface area contributed by atoms with Crippen molar-refractivity contribution in [2.45, 2.75) is 13.0 Å². The fourth-order valence-corrected chi connectivity index (χ4v) is 2.22. The molecular weight excluding hydrogens is 366 g/mol. The van der Waals surface area contributed by atoms with Crippen LogP contribution in [0.3, 0.4) is 0 Å². The zero-order chi connectivity index (χ0) is 20.5. The Morgan fingerprint density at radius 2 is 1.75 bits per heavy atom. The minimum Gasteiger partial charge on any atom is -0.497 e. The summed E-state index contributed by atoms with van der Waals surface area (Å²) in [6.07, 6.45) is -0.346. The van der Waals surface area contributed by atoms with Crippen LogP contribution in [0.5, 0.6) is 17.2 Å². The molecule has 0 saturated carbocycles. The Balaban J connectivity index is 1.86. The smallest absolute Gasteiger partial charge is 0.344 e. The van der Waals surface area contributed by atoms with Crippen molar-refractivity contribution in [3.05, 3.63) is 48.0 Å². The van der Waals surface area contributed by atoms with Crippen molar-refractivity contribution in [2.24, 2.45) is 0 Å². The number of benzene rings is 2. The van der Waals surface area contributed by atoms with E-state index in [0.29, 0.717) is 29.0 Å². The second-order valence-electron chi connectivity index (χ2n) is 5.67. The van der Waals surface area contributed by atoms with Gasteiger partial charge in [-0.1, -0.05) is 0 Å². The molecule has 28 heavy (non-hydrogen) atoms. The van der Waals surface area contributed by atoms with E-state index in [4.69, 9.17) is 18.9 Å². The maximum absolute atomic E-state index is 12.1. The molecule has 0 aliphatic carbocycles. The first-order valence-electron chi connectivity index (χ1n) is 8.37. The number of anilines is 1. The van der Waals surface area contributed by atoms with Gasteiger partial charge in [-0.15, -0.1) is 0 Å². The molecule has 0 spiro atoms. The maximum atomic E-state index is 12.1. The average molecular weight is 387 g/mol. The van der Waals surface area contributed by atoms with Crippen LogP contribution in [0.1, 0.15) is 17.3 Å². The highest BCUT2D eigenvalue weighted by Gasteiger charge is 2.19. The summed E-state index contributed by atoms with van der Waals surface area (Å²) in [6, 6.07) is 11.3. The largest absolute Gasteiger partial charge is 0.497 e. The summed E-state index contributed by atoms with van der Waals surface area (Å²) in [5.74, 6) is 0.0413. The molecule has 148 valence electrons. The number of amides is 1. The molecular formula is C20H21NO7. The predicted molar refractivity (Wildman–Crippen MR) is 101 cm³/mol. The Labute approximate surface area is 162 Å². The van der Waals surface area contributed by atoms with Gasteiger partial charge >= 0.3 is 5.97 Å². The van der Waals surface area contributed by atoms with Crippen LogP contribution in [0.15, 0.2) is 42.5 Å². The number of ether oxygens (including phenoxy) is 4. The van der Waals surface area contributed by atoms with E-state index in [1.807, 2.05) is 0 Å². The number of methoxy groups -OCH3 is 2. The molecule has 0 fully saturated rings. The fraction of sp³-hybridized carbons (Fsp3) is 0.250. The first-order chi connectivity index (χ1) is 13.5. The van der Waals surface area contributed by atoms with E-state index in [-0.39, 0.29) is 5.75 Å². The number of hydrogen-bond acceptors (Lipinski definition) is 7. The standard InChI is InChI=1S/C20H21NO7/c1-13(20(24)21-15-5-7-16(25-2)8-6-15)28-19(23)12-27-17-9-4-14(11-22)10-18(17)26-3/h4-11,13H,12H2,1-3H3,(H,21,24)/t13-/m0/s1. The zero-order valence-electron chi connectivity index (χ0n) is 15.8. The van der Waals surface area contributed by atoms with Crippen LogP contribution in [0, 0.1) is 0 Å². The summed E-state index contributed by atoms with van der Waals surface area (Å²) in [5, 5.41) is 2.64. The van der Waals surface area contributed by atoms with E-state index in [9.17, 15) is 14.4 Å². The number of esters is 1. The SMILES string of the molecule is COc1ccc(NC(=O)[C@H](C)OC(=O)COc2ccc(C=O)cc2OC)cc1. The number of carbonyl (C=O) groups is 3. The molecule has 2 aromatic rings. The number of carbonyl (C=O) groups excluding carboxylic acids is 3. The normalized spacial score (nSPS) is 11.1. The molecule has 0 radical (unpaired) electrons. The lowest BCUT2D eigenvalue weighted by atomic mass is 10.2. The van der Waals surface area contributed by atoms with Crippen molar-refractivity contribution in [2.75, 3.05) is 26.1 Å². The van der Waals surface area contributed by atoms with E-state index in [1.54, 1.807) is 31.4 Å². The van der Waals surface area contributed by atoms with Gasteiger partial charge in [0.1, 0.15) is 12.0 Å². The Hall–Kier alpha value is -3.55. The third kappa shape index (κ3) is 5.73. The zero-order valence-corrected chi connectivity index (χ0v) is 15.8. The van der Waals surface area contributed by atoms with E-state index in [0.717, 1.165) is 0 Å². The molecule has 8 nitrogen and oxygen atoms in total. The Kier molecular flexibility index (Phi) is 7.38. The van der Waals surface area contributed by atoms with Gasteiger partial charge < -0.3 is 24.3 Å². The van der Waals surface area contributed by atoms with Crippen LogP contribution < -0.4 is 19.5 Å². The van der Waals surface area contributed by atoms with E-state index >= 15 is 0 Å². The van der Waals surface area contributed by atoms with Crippen molar-refractivity contribution >= 4 is 23.9 Å². The van der Waals surface area contributed by atoms with E-state index in [1.165, 1.54) is 32.2 Å². The van der Waals surface area contributed by atoms with Gasteiger partial charge in [0.05, 0.1) is 14.2 Å². The third-order valence-corrected chi connectivity index (χ3v) is 3.70. The van der Waals surface area contributed by atoms with Gasteiger partial charge in [-0.3, -0.25) is 9.59 Å². The summed E-state index contributed by atoms with van der Waals surface area (Å²) >= 11 is 0. The van der Waals surface area contributed by atoms with Crippen molar-refractivity contribution < 1.29 is 33.3 Å². The highest BCUT2D eigenvalue weighted by Crippen LogP contribution is 2.27. The number of aldehydes is 1. The molecule has 2 aromatic carbocycles. The number of rotatable bonds is 9. The quantitative estimate of drug-likeness (QED) is 0.521. The number of nitrogens with one attached hydrogen (secondary N) is 1. The molecule has 0 heterocycles. The second kappa shape index (κ2) is 9.96. The molecule has 1 atom stereocenters. The molecule has 8 heteroatoms. The van der Waals surface area contributed by atoms with Crippen LogP contribution in [-0.2, 0) is 14.3 Å². The Morgan fingerprint density at radius 3 is 2.36 bits per heavy atom. The van der Waals surface area contributed by atoms with E-state index in [2.05, 4.69) is 5.32 Å². The second-order valence-corrected chi connectivity index (χ2v) is 5.67. The van der Waals surface area contributed by atoms with Gasteiger partial charge in [-0.25, -0.2) is 4.79 Å². The highest BCUT2D eigenvalue weighted by atomic mass is 16.6. The molecule has 1 N–H and O–H groups in total. The van der Waals surface area contributed by atoms with Crippen LogP contribution in [0.2, 0.25) is 0 Å². The lowest BCUT2D eigenvalue weighted by molar-refractivity contribution is -0.155. The van der Waals surface area contributed by atoms with E-state index < -0.39 is 24.6 Å². The molecule has 0 aromatic heterocycles. The van der Waals surface area contributed by atoms with Gasteiger partial charge in [-0.2, -0.15) is 0 Å². The molecule has 0 saturated heterocycles. The highest BCUT2D eigenvalue weighted by molar-refractivity contribution is 5.95. The van der Waals surface area contributed by atoms with Crippen LogP contribution in [0.4, 0.5) is 5.69 Å². The molecule has 0 aliphatic rings. The van der Waals surface area contributed by atoms with Crippen molar-refractivity contribution in [1.29, 1.82) is 0 Å². The maximum Gasteiger partial charge on any atom is 0.344 e. The van der Waals surface area contributed by atoms with Crippen LogP contribution >= 0.6 is 0 Å². The molecule has 0 bridgehead atoms. The van der Waals surface area contributed by atoms with Gasteiger partial charge in [0.25, 0.3) is 5.91 Å². The monoisotopic (exact) mass is 387 g/mol. The Morgan fingerprint density at radius 1 is 1.04 bits per heavy atom. The topological polar surface area (TPSA) is 100 Å². The van der Waals surface area contributed by atoms with Gasteiger partial charge in [0.2, 0.25) is 0 Å². The number of hydrogen-bond donors (Lipinski definition) is 1.